The Kier molecular flexibility index (Phi) is 8.95. The molecule has 1 amide bonds. The normalized spacial score (nSPS) is 20.5. The number of ether oxygens (including phenoxy) is 1. The third kappa shape index (κ3) is 5.98. The molecule has 0 saturated heterocycles. The van der Waals surface area contributed by atoms with Crippen LogP contribution in [0.15, 0.2) is 22.7 Å². The van der Waals surface area contributed by atoms with Crippen molar-refractivity contribution in [3.05, 3.63) is 28.2 Å². The van der Waals surface area contributed by atoms with Gasteiger partial charge in [-0.1, -0.05) is 18.9 Å². The van der Waals surface area contributed by atoms with Crippen molar-refractivity contribution in [3.8, 4) is 5.75 Å². The van der Waals surface area contributed by atoms with Gasteiger partial charge in [-0.2, -0.15) is 0 Å². The highest BCUT2D eigenvalue weighted by Gasteiger charge is 2.25. The average molecular weight is 406 g/mol. The number of nitrogens with two attached hydrogens (primary N) is 1. The van der Waals surface area contributed by atoms with Crippen molar-refractivity contribution in [1.29, 1.82) is 0 Å². The molecular weight excluding hydrogens is 380 g/mol. The van der Waals surface area contributed by atoms with E-state index in [1.54, 1.807) is 7.11 Å². The van der Waals surface area contributed by atoms with Gasteiger partial charge in [0.2, 0.25) is 5.91 Å². The molecule has 0 bridgehead atoms. The molecule has 0 radical (unpaired) electrons. The van der Waals surface area contributed by atoms with Gasteiger partial charge in [-0.15, -0.1) is 12.4 Å². The fourth-order valence-electron chi connectivity index (χ4n) is 3.08. The standard InChI is InChI=1S/C17H25BrN2O2.ClH/c1-22-16-8-6-12(10-14(16)18)7-9-17(21)20-15-5-3-2-4-13(15)11-19;/h6,8,10,13,15H,2-5,7,9,11,19H2,1H3,(H,20,21);1H. The van der Waals surface area contributed by atoms with Crippen molar-refractivity contribution >= 4 is 34.2 Å². The van der Waals surface area contributed by atoms with Crippen molar-refractivity contribution in [2.75, 3.05) is 13.7 Å². The highest BCUT2D eigenvalue weighted by atomic mass is 79.9. The molecule has 1 aliphatic rings. The van der Waals surface area contributed by atoms with E-state index in [0.717, 1.165) is 35.0 Å². The highest BCUT2D eigenvalue weighted by molar-refractivity contribution is 9.10. The lowest BCUT2D eigenvalue weighted by Crippen LogP contribution is -2.44. The van der Waals surface area contributed by atoms with Gasteiger partial charge in [-0.05, 0) is 65.4 Å². The molecule has 23 heavy (non-hydrogen) atoms. The Balaban J connectivity index is 0.00000264. The van der Waals surface area contributed by atoms with Crippen molar-refractivity contribution in [2.24, 2.45) is 11.7 Å². The van der Waals surface area contributed by atoms with Crippen LogP contribution in [0.4, 0.5) is 0 Å². The number of nitrogens with one attached hydrogen (secondary N) is 1. The minimum atomic E-state index is 0. The zero-order valence-electron chi connectivity index (χ0n) is 13.5. The van der Waals surface area contributed by atoms with E-state index < -0.39 is 0 Å². The van der Waals surface area contributed by atoms with Crippen molar-refractivity contribution in [1.82, 2.24) is 5.32 Å². The van der Waals surface area contributed by atoms with Crippen LogP contribution in [-0.2, 0) is 11.2 Å². The van der Waals surface area contributed by atoms with Crippen molar-refractivity contribution in [2.45, 2.75) is 44.6 Å². The second kappa shape index (κ2) is 10.2. The molecule has 2 unspecified atom stereocenters. The molecule has 1 fully saturated rings. The van der Waals surface area contributed by atoms with Crippen LogP contribution >= 0.6 is 28.3 Å². The number of carbonyl (C=O) groups is 1. The number of halogens is 2. The summed E-state index contributed by atoms with van der Waals surface area (Å²) in [6, 6.07) is 6.19. The van der Waals surface area contributed by atoms with Gasteiger partial charge in [0.25, 0.3) is 0 Å². The summed E-state index contributed by atoms with van der Waals surface area (Å²) in [5.41, 5.74) is 6.94. The van der Waals surface area contributed by atoms with E-state index in [0.29, 0.717) is 18.9 Å². The molecule has 1 aromatic rings. The Bertz CT molecular complexity index is 513. The summed E-state index contributed by atoms with van der Waals surface area (Å²) < 4.78 is 6.13. The predicted molar refractivity (Wildman–Crippen MR) is 99.2 cm³/mol. The Morgan fingerprint density at radius 1 is 1.39 bits per heavy atom. The zero-order valence-corrected chi connectivity index (χ0v) is 15.9. The molecule has 130 valence electrons. The van der Waals surface area contributed by atoms with E-state index in [9.17, 15) is 4.79 Å². The molecule has 6 heteroatoms. The molecule has 4 nitrogen and oxygen atoms in total. The van der Waals surface area contributed by atoms with E-state index in [-0.39, 0.29) is 24.4 Å². The summed E-state index contributed by atoms with van der Waals surface area (Å²) in [4.78, 5) is 12.2. The van der Waals surface area contributed by atoms with Crippen LogP contribution in [0.5, 0.6) is 5.75 Å². The van der Waals surface area contributed by atoms with Gasteiger partial charge in [0.15, 0.2) is 0 Å². The summed E-state index contributed by atoms with van der Waals surface area (Å²) in [5.74, 6) is 1.37. The molecular formula is C17H26BrClN2O2. The predicted octanol–water partition coefficient (Wildman–Crippen LogP) is 3.45. The number of hydrogen-bond acceptors (Lipinski definition) is 3. The summed E-state index contributed by atoms with van der Waals surface area (Å²) in [6.07, 6.45) is 5.84. The second-order valence-electron chi connectivity index (χ2n) is 5.92. The zero-order chi connectivity index (χ0) is 15.9. The maximum atomic E-state index is 12.2. The molecule has 0 aliphatic heterocycles. The van der Waals surface area contributed by atoms with Crippen molar-refractivity contribution in [3.63, 3.8) is 0 Å². The van der Waals surface area contributed by atoms with Crippen LogP contribution in [0, 0.1) is 5.92 Å². The molecule has 0 heterocycles. The Labute approximate surface area is 153 Å². The molecule has 1 saturated carbocycles. The first-order chi connectivity index (χ1) is 10.6. The molecule has 1 aliphatic carbocycles. The Morgan fingerprint density at radius 2 is 2.13 bits per heavy atom. The molecule has 3 N–H and O–H groups in total. The minimum Gasteiger partial charge on any atom is -0.496 e. The van der Waals surface area contributed by atoms with Crippen LogP contribution in [0.2, 0.25) is 0 Å². The van der Waals surface area contributed by atoms with E-state index in [1.165, 1.54) is 12.8 Å². The smallest absolute Gasteiger partial charge is 0.220 e. The molecule has 2 rings (SSSR count). The van der Waals surface area contributed by atoms with E-state index in [4.69, 9.17) is 10.5 Å². The van der Waals surface area contributed by atoms with Gasteiger partial charge in [-0.25, -0.2) is 0 Å². The quantitative estimate of drug-likeness (QED) is 0.762. The minimum absolute atomic E-state index is 0. The number of hydrogen-bond donors (Lipinski definition) is 2. The lowest BCUT2D eigenvalue weighted by atomic mass is 9.84. The summed E-state index contributed by atoms with van der Waals surface area (Å²) in [5, 5.41) is 3.17. The number of benzene rings is 1. The second-order valence-corrected chi connectivity index (χ2v) is 6.78. The monoisotopic (exact) mass is 404 g/mol. The van der Waals surface area contributed by atoms with Gasteiger partial charge in [0.1, 0.15) is 5.75 Å². The summed E-state index contributed by atoms with van der Waals surface area (Å²) >= 11 is 3.47. The fourth-order valence-corrected chi connectivity index (χ4v) is 3.67. The van der Waals surface area contributed by atoms with Crippen LogP contribution < -0.4 is 15.8 Å². The Morgan fingerprint density at radius 3 is 2.78 bits per heavy atom. The topological polar surface area (TPSA) is 64.3 Å². The van der Waals surface area contributed by atoms with Crippen molar-refractivity contribution < 1.29 is 9.53 Å². The van der Waals surface area contributed by atoms with Gasteiger partial charge in [0.05, 0.1) is 11.6 Å². The SMILES string of the molecule is COc1ccc(CCC(=O)NC2CCCCC2CN)cc1Br.Cl. The van der Waals surface area contributed by atoms with E-state index in [1.807, 2.05) is 18.2 Å². The number of aryl methyl sites for hydroxylation is 1. The first kappa shape index (κ1) is 20.3. The van der Waals surface area contributed by atoms with Gasteiger partial charge < -0.3 is 15.8 Å². The van der Waals surface area contributed by atoms with Crippen LogP contribution in [0.25, 0.3) is 0 Å². The van der Waals surface area contributed by atoms with Gasteiger partial charge >= 0.3 is 0 Å². The lowest BCUT2D eigenvalue weighted by Gasteiger charge is -2.31. The third-order valence-electron chi connectivity index (χ3n) is 4.42. The highest BCUT2D eigenvalue weighted by Crippen LogP contribution is 2.26. The summed E-state index contributed by atoms with van der Waals surface area (Å²) in [6.45, 7) is 0.663. The van der Waals surface area contributed by atoms with Gasteiger partial charge in [0, 0.05) is 12.5 Å². The van der Waals surface area contributed by atoms with E-state index >= 15 is 0 Å². The van der Waals surface area contributed by atoms with Crippen LogP contribution in [0.3, 0.4) is 0 Å². The largest absolute Gasteiger partial charge is 0.496 e. The Hall–Kier alpha value is -0.780. The maximum Gasteiger partial charge on any atom is 0.220 e. The fraction of sp³-hybridized carbons (Fsp3) is 0.588. The number of methoxy groups -OCH3 is 1. The lowest BCUT2D eigenvalue weighted by molar-refractivity contribution is -0.122. The molecule has 2 atom stereocenters. The van der Waals surface area contributed by atoms with Crippen LogP contribution in [-0.4, -0.2) is 25.6 Å². The van der Waals surface area contributed by atoms with E-state index in [2.05, 4.69) is 21.2 Å². The van der Waals surface area contributed by atoms with Crippen LogP contribution in [0.1, 0.15) is 37.7 Å². The average Bonchev–Trinajstić information content (AvgIpc) is 2.53. The molecule has 1 aromatic carbocycles. The molecule has 0 spiro atoms. The maximum absolute atomic E-state index is 12.2. The number of amides is 1. The number of carbonyl (C=O) groups excluding carboxylic acids is 1. The van der Waals surface area contributed by atoms with Gasteiger partial charge in [-0.3, -0.25) is 4.79 Å². The third-order valence-corrected chi connectivity index (χ3v) is 5.03. The summed E-state index contributed by atoms with van der Waals surface area (Å²) in [7, 11) is 1.64. The first-order valence-corrected chi connectivity index (χ1v) is 8.75. The molecule has 0 aromatic heterocycles. The number of rotatable bonds is 6. The first-order valence-electron chi connectivity index (χ1n) is 7.96.